The predicted molar refractivity (Wildman–Crippen MR) is 138 cm³/mol. The van der Waals surface area contributed by atoms with E-state index in [1.54, 1.807) is 26.1 Å². The molecule has 36 heavy (non-hydrogen) atoms. The van der Waals surface area contributed by atoms with E-state index in [2.05, 4.69) is 15.6 Å². The van der Waals surface area contributed by atoms with Crippen molar-refractivity contribution in [2.24, 2.45) is 4.99 Å². The second-order valence-corrected chi connectivity index (χ2v) is 8.37. The van der Waals surface area contributed by atoms with Gasteiger partial charge in [0.05, 0.1) is 24.4 Å². The average Bonchev–Trinajstić information content (AvgIpc) is 3.00. The Morgan fingerprint density at radius 3 is 2.33 bits per heavy atom. The Kier molecular flexibility index (Phi) is 7.75. The van der Waals surface area contributed by atoms with Crippen LogP contribution in [-0.4, -0.2) is 49.3 Å². The number of nitrogens with zero attached hydrogens (tertiary/aromatic N) is 2. The van der Waals surface area contributed by atoms with Crippen LogP contribution in [0.3, 0.4) is 0 Å². The highest BCUT2D eigenvalue weighted by atomic mass is 16.5. The van der Waals surface area contributed by atoms with Gasteiger partial charge in [-0.2, -0.15) is 0 Å². The number of anilines is 1. The Bertz CT molecular complexity index is 1260. The zero-order chi connectivity index (χ0) is 25.5. The predicted octanol–water partition coefficient (Wildman–Crippen LogP) is 2.92. The van der Waals surface area contributed by atoms with E-state index in [1.807, 2.05) is 72.8 Å². The van der Waals surface area contributed by atoms with Gasteiger partial charge in [0.1, 0.15) is 11.8 Å². The second-order valence-electron chi connectivity index (χ2n) is 8.37. The number of hydrogen-bond donors (Lipinski definition) is 2. The fourth-order valence-electron chi connectivity index (χ4n) is 3.86. The number of para-hydroxylation sites is 2. The van der Waals surface area contributed by atoms with Crippen molar-refractivity contribution in [3.8, 4) is 5.75 Å². The third-order valence-corrected chi connectivity index (χ3v) is 5.78. The van der Waals surface area contributed by atoms with Crippen LogP contribution in [0.15, 0.2) is 89.9 Å². The largest absolute Gasteiger partial charge is 0.493 e. The molecule has 2 atom stereocenters. The van der Waals surface area contributed by atoms with E-state index in [0.29, 0.717) is 17.1 Å². The Morgan fingerprint density at radius 1 is 0.972 bits per heavy atom. The lowest BCUT2D eigenvalue weighted by Crippen LogP contribution is -2.52. The molecular weight excluding hydrogens is 456 g/mol. The molecule has 184 valence electrons. The van der Waals surface area contributed by atoms with Crippen LogP contribution in [0, 0.1) is 0 Å². The molecule has 1 aliphatic rings. The maximum absolute atomic E-state index is 13.2. The number of benzodiazepines with no additional fused rings is 1. The highest BCUT2D eigenvalue weighted by Gasteiger charge is 2.32. The number of ether oxygens (including phenoxy) is 1. The summed E-state index contributed by atoms with van der Waals surface area (Å²) in [5.74, 6) is -0.559. The molecule has 8 nitrogen and oxygen atoms in total. The highest BCUT2D eigenvalue weighted by molar-refractivity contribution is 6.20. The minimum atomic E-state index is -1.15. The molecular formula is C28H28N4O4. The van der Waals surface area contributed by atoms with E-state index in [1.165, 1.54) is 4.90 Å². The molecule has 0 radical (unpaired) electrons. The van der Waals surface area contributed by atoms with Crippen molar-refractivity contribution in [1.29, 1.82) is 0 Å². The summed E-state index contributed by atoms with van der Waals surface area (Å²) in [7, 11) is 1.65. The van der Waals surface area contributed by atoms with Crippen molar-refractivity contribution >= 4 is 29.1 Å². The number of amides is 3. The van der Waals surface area contributed by atoms with E-state index in [0.717, 1.165) is 11.1 Å². The van der Waals surface area contributed by atoms with Crippen molar-refractivity contribution in [1.82, 2.24) is 10.6 Å². The molecule has 1 unspecified atom stereocenters. The van der Waals surface area contributed by atoms with Gasteiger partial charge >= 0.3 is 0 Å². The Balaban J connectivity index is 1.45. The van der Waals surface area contributed by atoms with Crippen LogP contribution in [0.25, 0.3) is 0 Å². The monoisotopic (exact) mass is 484 g/mol. The Morgan fingerprint density at radius 2 is 1.61 bits per heavy atom. The SMILES string of the molecule is C[C@H](NC(=O)CCOc1ccccc1)C(=O)NC1N=C(c2ccccc2)c2ccccc2N(C)C1=O. The number of hydrogen-bond acceptors (Lipinski definition) is 5. The number of likely N-dealkylation sites (N-methyl/N-ethyl adjacent to an activating group) is 1. The van der Waals surface area contributed by atoms with Gasteiger partial charge in [-0.05, 0) is 25.1 Å². The normalized spacial score (nSPS) is 15.7. The molecule has 0 saturated carbocycles. The fourth-order valence-corrected chi connectivity index (χ4v) is 3.86. The number of carbonyl (C=O) groups excluding carboxylic acids is 3. The first-order valence-electron chi connectivity index (χ1n) is 11.7. The summed E-state index contributed by atoms with van der Waals surface area (Å²) in [6.07, 6.45) is -1.06. The molecule has 8 heteroatoms. The summed E-state index contributed by atoms with van der Waals surface area (Å²) in [5, 5.41) is 5.35. The standard InChI is InChI=1S/C28H28N4O4/c1-19(29-24(33)17-18-36-21-13-7-4-8-14-21)27(34)31-26-28(35)32(2)23-16-10-9-15-22(23)25(30-26)20-11-5-3-6-12-20/h3-16,19,26H,17-18H2,1-2H3,(H,29,33)(H,31,34)/t19-,26?/m0/s1. The van der Waals surface area contributed by atoms with Crippen molar-refractivity contribution in [3.05, 3.63) is 96.1 Å². The minimum Gasteiger partial charge on any atom is -0.493 e. The van der Waals surface area contributed by atoms with Crippen molar-refractivity contribution in [2.75, 3.05) is 18.6 Å². The first kappa shape index (κ1) is 24.7. The first-order valence-corrected chi connectivity index (χ1v) is 11.7. The molecule has 2 N–H and O–H groups in total. The molecule has 1 heterocycles. The fraction of sp³-hybridized carbons (Fsp3) is 0.214. The number of benzene rings is 3. The van der Waals surface area contributed by atoms with E-state index in [9.17, 15) is 14.4 Å². The molecule has 0 bridgehead atoms. The molecule has 4 rings (SSSR count). The summed E-state index contributed by atoms with van der Waals surface area (Å²) in [6.45, 7) is 1.74. The lowest BCUT2D eigenvalue weighted by atomic mass is 10.0. The van der Waals surface area contributed by atoms with E-state index < -0.39 is 18.1 Å². The van der Waals surface area contributed by atoms with Gasteiger partial charge in [-0.25, -0.2) is 4.99 Å². The number of nitrogens with one attached hydrogen (secondary N) is 2. The maximum atomic E-state index is 13.2. The van der Waals surface area contributed by atoms with Gasteiger partial charge in [-0.3, -0.25) is 14.4 Å². The van der Waals surface area contributed by atoms with Crippen LogP contribution in [0.4, 0.5) is 5.69 Å². The average molecular weight is 485 g/mol. The second kappa shape index (κ2) is 11.3. The zero-order valence-electron chi connectivity index (χ0n) is 20.2. The van der Waals surface area contributed by atoms with Gasteiger partial charge < -0.3 is 20.3 Å². The summed E-state index contributed by atoms with van der Waals surface area (Å²) >= 11 is 0. The van der Waals surface area contributed by atoms with Crippen LogP contribution >= 0.6 is 0 Å². The van der Waals surface area contributed by atoms with E-state index >= 15 is 0 Å². The number of fused-ring (bicyclic) bond motifs is 1. The lowest BCUT2D eigenvalue weighted by Gasteiger charge is -2.22. The zero-order valence-corrected chi connectivity index (χ0v) is 20.2. The van der Waals surface area contributed by atoms with Crippen LogP contribution in [0.1, 0.15) is 24.5 Å². The van der Waals surface area contributed by atoms with Crippen molar-refractivity contribution in [3.63, 3.8) is 0 Å². The highest BCUT2D eigenvalue weighted by Crippen LogP contribution is 2.27. The van der Waals surface area contributed by atoms with E-state index in [-0.39, 0.29) is 24.8 Å². The van der Waals surface area contributed by atoms with Crippen LogP contribution in [0.5, 0.6) is 5.75 Å². The molecule has 3 amide bonds. The molecule has 0 aromatic heterocycles. The number of aliphatic imine (C=N–C) groups is 1. The van der Waals surface area contributed by atoms with Gasteiger partial charge in [0, 0.05) is 18.2 Å². The molecule has 3 aromatic rings. The van der Waals surface area contributed by atoms with E-state index in [4.69, 9.17) is 4.74 Å². The third kappa shape index (κ3) is 5.78. The van der Waals surface area contributed by atoms with Gasteiger partial charge in [0.2, 0.25) is 18.0 Å². The molecule has 0 saturated heterocycles. The summed E-state index contributed by atoms with van der Waals surface area (Å²) < 4.78 is 5.54. The molecule has 0 fully saturated rings. The van der Waals surface area contributed by atoms with Gasteiger partial charge in [-0.15, -0.1) is 0 Å². The topological polar surface area (TPSA) is 100 Å². The number of carbonyl (C=O) groups is 3. The van der Waals surface area contributed by atoms with Gasteiger partial charge in [0.25, 0.3) is 5.91 Å². The molecule has 0 aliphatic carbocycles. The minimum absolute atomic E-state index is 0.0865. The van der Waals surface area contributed by atoms with Crippen LogP contribution < -0.4 is 20.3 Å². The molecule has 1 aliphatic heterocycles. The Labute approximate surface area is 210 Å². The summed E-state index contributed by atoms with van der Waals surface area (Å²) in [5.41, 5.74) is 2.91. The third-order valence-electron chi connectivity index (χ3n) is 5.78. The van der Waals surface area contributed by atoms with Crippen LogP contribution in [-0.2, 0) is 14.4 Å². The summed E-state index contributed by atoms with van der Waals surface area (Å²) in [6, 6.07) is 25.3. The number of rotatable bonds is 8. The molecule has 3 aromatic carbocycles. The maximum Gasteiger partial charge on any atom is 0.272 e. The molecule has 0 spiro atoms. The van der Waals surface area contributed by atoms with Crippen molar-refractivity contribution in [2.45, 2.75) is 25.6 Å². The van der Waals surface area contributed by atoms with Crippen LogP contribution in [0.2, 0.25) is 0 Å². The first-order chi connectivity index (χ1) is 17.4. The van der Waals surface area contributed by atoms with Gasteiger partial charge in [0.15, 0.2) is 0 Å². The quantitative estimate of drug-likeness (QED) is 0.514. The Hall–Kier alpha value is -4.46. The smallest absolute Gasteiger partial charge is 0.272 e. The van der Waals surface area contributed by atoms with Gasteiger partial charge in [-0.1, -0.05) is 66.7 Å². The summed E-state index contributed by atoms with van der Waals surface area (Å²) in [4.78, 5) is 44.6. The lowest BCUT2D eigenvalue weighted by molar-refractivity contribution is -0.131. The van der Waals surface area contributed by atoms with Crippen molar-refractivity contribution < 1.29 is 19.1 Å².